The van der Waals surface area contributed by atoms with E-state index in [4.69, 9.17) is 27.9 Å². The minimum atomic E-state index is 0.196. The van der Waals surface area contributed by atoms with E-state index < -0.39 is 0 Å². The van der Waals surface area contributed by atoms with Crippen molar-refractivity contribution in [2.75, 3.05) is 20.2 Å². The second-order valence-corrected chi connectivity index (χ2v) is 8.14. The second kappa shape index (κ2) is 5.98. The first-order chi connectivity index (χ1) is 10.4. The third-order valence-electron chi connectivity index (χ3n) is 5.67. The first-order valence-corrected chi connectivity index (χ1v) is 8.90. The summed E-state index contributed by atoms with van der Waals surface area (Å²) in [5.41, 5.74) is 1.72. The molecule has 4 heteroatoms. The topological polar surface area (TPSA) is 21.3 Å². The molecule has 3 rings (SSSR count). The third-order valence-corrected chi connectivity index (χ3v) is 6.41. The Kier molecular flexibility index (Phi) is 4.50. The molecule has 3 atom stereocenters. The number of piperidine rings is 1. The maximum atomic E-state index is 6.28. The molecule has 0 aromatic heterocycles. The average molecular weight is 342 g/mol. The molecule has 1 aromatic rings. The molecule has 1 aliphatic heterocycles. The van der Waals surface area contributed by atoms with Gasteiger partial charge in [-0.1, -0.05) is 43.1 Å². The van der Waals surface area contributed by atoms with E-state index in [-0.39, 0.29) is 16.9 Å². The van der Waals surface area contributed by atoms with E-state index >= 15 is 0 Å². The molecule has 1 aromatic carbocycles. The van der Waals surface area contributed by atoms with Gasteiger partial charge in [0.15, 0.2) is 0 Å². The van der Waals surface area contributed by atoms with Gasteiger partial charge >= 0.3 is 0 Å². The molecule has 1 unspecified atom stereocenters. The summed E-state index contributed by atoms with van der Waals surface area (Å²) in [6.07, 6.45) is 3.70. The van der Waals surface area contributed by atoms with Crippen LogP contribution in [0.25, 0.3) is 0 Å². The molecule has 0 bridgehead atoms. The molecule has 0 radical (unpaired) electrons. The molecule has 0 spiro atoms. The van der Waals surface area contributed by atoms with Crippen molar-refractivity contribution in [2.45, 2.75) is 44.6 Å². The molecule has 1 saturated heterocycles. The Morgan fingerprint density at radius 3 is 2.68 bits per heavy atom. The Balaban J connectivity index is 1.96. The highest BCUT2D eigenvalue weighted by molar-refractivity contribution is 6.42. The van der Waals surface area contributed by atoms with Crippen LogP contribution in [0.15, 0.2) is 18.2 Å². The fourth-order valence-corrected chi connectivity index (χ4v) is 4.81. The van der Waals surface area contributed by atoms with Gasteiger partial charge in [-0.3, -0.25) is 0 Å². The minimum Gasteiger partial charge on any atom is -0.381 e. The minimum absolute atomic E-state index is 0.196. The van der Waals surface area contributed by atoms with E-state index in [9.17, 15) is 0 Å². The molecule has 1 aliphatic carbocycles. The number of benzene rings is 1. The van der Waals surface area contributed by atoms with Gasteiger partial charge < -0.3 is 10.1 Å². The van der Waals surface area contributed by atoms with Crippen LogP contribution < -0.4 is 5.32 Å². The summed E-state index contributed by atoms with van der Waals surface area (Å²) in [4.78, 5) is 0. The fraction of sp³-hybridized carbons (Fsp3) is 0.667. The highest BCUT2D eigenvalue weighted by Gasteiger charge is 2.71. The number of nitrogens with one attached hydrogen (secondary N) is 1. The van der Waals surface area contributed by atoms with Crippen LogP contribution in [0.3, 0.4) is 0 Å². The van der Waals surface area contributed by atoms with Crippen molar-refractivity contribution < 1.29 is 4.74 Å². The summed E-state index contributed by atoms with van der Waals surface area (Å²) >= 11 is 12.4. The summed E-state index contributed by atoms with van der Waals surface area (Å²) in [6.45, 7) is 6.61. The standard InChI is InChI=1S/C18H25Cl2NO/c1-12(2)8-16(22-3)18-10-17(18,6-7-21-11-18)13-4-5-14(19)15(20)9-13/h4-5,9,12,16,21H,6-8,10-11H2,1-3H3/t16-,17-,18?/m1/s1. The lowest BCUT2D eigenvalue weighted by Gasteiger charge is -2.37. The summed E-state index contributed by atoms with van der Waals surface area (Å²) in [5.74, 6) is 0.633. The maximum absolute atomic E-state index is 6.28. The van der Waals surface area contributed by atoms with Crippen LogP contribution in [0.5, 0.6) is 0 Å². The third kappa shape index (κ3) is 2.49. The van der Waals surface area contributed by atoms with E-state index in [0.717, 1.165) is 25.9 Å². The van der Waals surface area contributed by atoms with Crippen molar-refractivity contribution in [1.29, 1.82) is 0 Å². The molecule has 2 nitrogen and oxygen atoms in total. The normalized spacial score (nSPS) is 31.9. The molecule has 2 fully saturated rings. The fourth-order valence-electron chi connectivity index (χ4n) is 4.52. The van der Waals surface area contributed by atoms with Crippen molar-refractivity contribution in [1.82, 2.24) is 5.32 Å². The monoisotopic (exact) mass is 341 g/mol. The summed E-state index contributed by atoms with van der Waals surface area (Å²) in [5, 5.41) is 4.88. The zero-order valence-corrected chi connectivity index (χ0v) is 15.1. The lowest BCUT2D eigenvalue weighted by Crippen LogP contribution is -2.45. The van der Waals surface area contributed by atoms with E-state index in [2.05, 4.69) is 31.3 Å². The molecular formula is C18H25Cl2NO. The molecule has 1 heterocycles. The molecule has 1 saturated carbocycles. The zero-order chi connectivity index (χ0) is 16.0. The molecular weight excluding hydrogens is 317 g/mol. The Bertz CT molecular complexity index is 562. The van der Waals surface area contributed by atoms with Gasteiger partial charge in [-0.05, 0) is 49.4 Å². The summed E-state index contributed by atoms with van der Waals surface area (Å²) < 4.78 is 5.95. The van der Waals surface area contributed by atoms with Crippen LogP contribution in [-0.2, 0) is 10.2 Å². The Morgan fingerprint density at radius 2 is 2.05 bits per heavy atom. The van der Waals surface area contributed by atoms with Crippen LogP contribution in [0.4, 0.5) is 0 Å². The number of halogens is 2. The molecule has 1 N–H and O–H groups in total. The van der Waals surface area contributed by atoms with E-state index in [0.29, 0.717) is 16.0 Å². The molecule has 22 heavy (non-hydrogen) atoms. The van der Waals surface area contributed by atoms with Crippen molar-refractivity contribution in [3.05, 3.63) is 33.8 Å². The van der Waals surface area contributed by atoms with Crippen LogP contribution >= 0.6 is 23.2 Å². The molecule has 0 amide bonds. The number of fused-ring (bicyclic) bond motifs is 1. The SMILES string of the molecule is CO[C@H](CC(C)C)C12CNCC[C@]1(c1ccc(Cl)c(Cl)c1)C2. The van der Waals surface area contributed by atoms with Gasteiger partial charge in [0.05, 0.1) is 16.1 Å². The number of methoxy groups -OCH3 is 1. The van der Waals surface area contributed by atoms with Crippen LogP contribution in [-0.4, -0.2) is 26.3 Å². The summed E-state index contributed by atoms with van der Waals surface area (Å²) in [6, 6.07) is 6.16. The van der Waals surface area contributed by atoms with Crippen molar-refractivity contribution in [3.8, 4) is 0 Å². The predicted molar refractivity (Wildman–Crippen MR) is 92.9 cm³/mol. The highest BCUT2D eigenvalue weighted by atomic mass is 35.5. The van der Waals surface area contributed by atoms with Gasteiger partial charge in [0.2, 0.25) is 0 Å². The van der Waals surface area contributed by atoms with Crippen LogP contribution in [0, 0.1) is 11.3 Å². The lowest BCUT2D eigenvalue weighted by molar-refractivity contribution is 0.00725. The van der Waals surface area contributed by atoms with E-state index in [1.165, 1.54) is 12.0 Å². The largest absolute Gasteiger partial charge is 0.381 e. The molecule has 2 aliphatic rings. The Labute approximate surface area is 143 Å². The van der Waals surface area contributed by atoms with Gasteiger partial charge in [0, 0.05) is 24.5 Å². The zero-order valence-electron chi connectivity index (χ0n) is 13.6. The second-order valence-electron chi connectivity index (χ2n) is 7.32. The van der Waals surface area contributed by atoms with E-state index in [1.807, 2.05) is 13.2 Å². The van der Waals surface area contributed by atoms with E-state index in [1.54, 1.807) is 0 Å². The first kappa shape index (κ1) is 16.6. The maximum Gasteiger partial charge on any atom is 0.0651 e. The van der Waals surface area contributed by atoms with Crippen molar-refractivity contribution in [3.63, 3.8) is 0 Å². The predicted octanol–water partition coefficient (Wildman–Crippen LogP) is 4.68. The number of hydrogen-bond donors (Lipinski definition) is 1. The smallest absolute Gasteiger partial charge is 0.0651 e. The van der Waals surface area contributed by atoms with Gasteiger partial charge in [-0.25, -0.2) is 0 Å². The number of hydrogen-bond acceptors (Lipinski definition) is 2. The first-order valence-electron chi connectivity index (χ1n) is 8.14. The van der Waals surface area contributed by atoms with Crippen LogP contribution in [0.2, 0.25) is 10.0 Å². The van der Waals surface area contributed by atoms with Crippen molar-refractivity contribution in [2.24, 2.45) is 11.3 Å². The summed E-state index contributed by atoms with van der Waals surface area (Å²) in [7, 11) is 1.86. The quantitative estimate of drug-likeness (QED) is 0.839. The van der Waals surface area contributed by atoms with Crippen LogP contribution in [0.1, 0.15) is 38.7 Å². The van der Waals surface area contributed by atoms with Gasteiger partial charge in [-0.15, -0.1) is 0 Å². The van der Waals surface area contributed by atoms with Gasteiger partial charge in [0.25, 0.3) is 0 Å². The highest BCUT2D eigenvalue weighted by Crippen LogP contribution is 2.70. The molecule has 122 valence electrons. The number of rotatable bonds is 5. The Hall–Kier alpha value is -0.280. The van der Waals surface area contributed by atoms with Gasteiger partial charge in [-0.2, -0.15) is 0 Å². The van der Waals surface area contributed by atoms with Crippen molar-refractivity contribution >= 4 is 23.2 Å². The Morgan fingerprint density at radius 1 is 1.27 bits per heavy atom. The average Bonchev–Trinajstić information content (AvgIpc) is 3.19. The number of ether oxygens (including phenoxy) is 1. The lowest BCUT2D eigenvalue weighted by atomic mass is 9.76. The van der Waals surface area contributed by atoms with Gasteiger partial charge in [0.1, 0.15) is 0 Å².